The van der Waals surface area contributed by atoms with E-state index >= 15 is 0 Å². The van der Waals surface area contributed by atoms with Crippen LogP contribution in [-0.2, 0) is 6.54 Å². The Kier molecular flexibility index (Phi) is 2.73. The number of aromatic nitrogens is 4. The van der Waals surface area contributed by atoms with E-state index < -0.39 is 0 Å². The summed E-state index contributed by atoms with van der Waals surface area (Å²) in [5.41, 5.74) is 8.04. The summed E-state index contributed by atoms with van der Waals surface area (Å²) in [5.74, 6) is 0. The van der Waals surface area contributed by atoms with E-state index in [1.54, 1.807) is 18.6 Å². The van der Waals surface area contributed by atoms with Crippen LogP contribution < -0.4 is 5.73 Å². The summed E-state index contributed by atoms with van der Waals surface area (Å²) in [6.07, 6.45) is 5.08. The summed E-state index contributed by atoms with van der Waals surface area (Å²) >= 11 is 0. The van der Waals surface area contributed by atoms with Crippen molar-refractivity contribution in [3.8, 4) is 0 Å². The minimum absolute atomic E-state index is 0.192. The Hall–Kier alpha value is -1.75. The molecule has 2 N–H and O–H groups in total. The van der Waals surface area contributed by atoms with E-state index in [-0.39, 0.29) is 6.04 Å². The van der Waals surface area contributed by atoms with Crippen LogP contribution in [-0.4, -0.2) is 20.0 Å². The average Bonchev–Trinajstić information content (AvgIpc) is 2.77. The summed E-state index contributed by atoms with van der Waals surface area (Å²) in [5, 5.41) is 11.7. The highest BCUT2D eigenvalue weighted by atomic mass is 15.3. The Balaban J connectivity index is 2.32. The molecule has 2 heterocycles. The lowest BCUT2D eigenvalue weighted by atomic mass is 10.1. The van der Waals surface area contributed by atoms with E-state index in [9.17, 15) is 0 Å². The predicted octanol–water partition coefficient (Wildman–Crippen LogP) is 0.741. The second-order valence-corrected chi connectivity index (χ2v) is 3.23. The smallest absolute Gasteiger partial charge is 0.0739 e. The van der Waals surface area contributed by atoms with E-state index in [1.807, 2.05) is 23.7 Å². The van der Waals surface area contributed by atoms with E-state index in [0.29, 0.717) is 0 Å². The Morgan fingerprint density at radius 3 is 2.87 bits per heavy atom. The van der Waals surface area contributed by atoms with Crippen molar-refractivity contribution in [1.29, 1.82) is 0 Å². The molecule has 0 fully saturated rings. The van der Waals surface area contributed by atoms with Crippen LogP contribution in [0.4, 0.5) is 0 Å². The summed E-state index contributed by atoms with van der Waals surface area (Å²) < 4.78 is 1.88. The van der Waals surface area contributed by atoms with Gasteiger partial charge < -0.3 is 5.73 Å². The molecule has 5 nitrogen and oxygen atoms in total. The number of aryl methyl sites for hydroxylation is 1. The molecule has 1 atom stereocenters. The standard InChI is InChI=1S/C10H13N5/c1-2-15-9(4-6-14-15)10(11)8-3-5-12-13-7-8/h3-7,10H,2,11H2,1H3. The third kappa shape index (κ3) is 1.87. The summed E-state index contributed by atoms with van der Waals surface area (Å²) in [6, 6.07) is 3.60. The van der Waals surface area contributed by atoms with Crippen LogP contribution in [0.1, 0.15) is 24.2 Å². The fourth-order valence-corrected chi connectivity index (χ4v) is 1.53. The maximum Gasteiger partial charge on any atom is 0.0739 e. The fourth-order valence-electron chi connectivity index (χ4n) is 1.53. The van der Waals surface area contributed by atoms with Gasteiger partial charge in [0.2, 0.25) is 0 Å². The molecule has 0 bridgehead atoms. The van der Waals surface area contributed by atoms with Crippen LogP contribution in [0.3, 0.4) is 0 Å². The van der Waals surface area contributed by atoms with Gasteiger partial charge in [-0.3, -0.25) is 4.68 Å². The van der Waals surface area contributed by atoms with Crippen LogP contribution in [0.5, 0.6) is 0 Å². The van der Waals surface area contributed by atoms with Crippen molar-refractivity contribution < 1.29 is 0 Å². The molecule has 15 heavy (non-hydrogen) atoms. The topological polar surface area (TPSA) is 69.6 Å². The lowest BCUT2D eigenvalue weighted by molar-refractivity contribution is 0.599. The lowest BCUT2D eigenvalue weighted by Crippen LogP contribution is -2.17. The van der Waals surface area contributed by atoms with Gasteiger partial charge in [0, 0.05) is 18.9 Å². The van der Waals surface area contributed by atoms with Crippen molar-refractivity contribution in [2.75, 3.05) is 0 Å². The van der Waals surface area contributed by atoms with Gasteiger partial charge in [-0.1, -0.05) is 0 Å². The minimum atomic E-state index is -0.192. The SMILES string of the molecule is CCn1nccc1C(N)c1ccnnc1. The normalized spacial score (nSPS) is 12.7. The van der Waals surface area contributed by atoms with E-state index in [1.165, 1.54) is 0 Å². The van der Waals surface area contributed by atoms with Crippen molar-refractivity contribution in [3.05, 3.63) is 42.0 Å². The summed E-state index contributed by atoms with van der Waals surface area (Å²) in [4.78, 5) is 0. The van der Waals surface area contributed by atoms with E-state index in [4.69, 9.17) is 5.73 Å². The molecule has 0 aliphatic carbocycles. The molecule has 0 aromatic carbocycles. The van der Waals surface area contributed by atoms with Gasteiger partial charge in [-0.2, -0.15) is 15.3 Å². The Bertz CT molecular complexity index is 422. The molecule has 0 radical (unpaired) electrons. The van der Waals surface area contributed by atoms with Gasteiger partial charge in [0.25, 0.3) is 0 Å². The van der Waals surface area contributed by atoms with Crippen molar-refractivity contribution in [2.45, 2.75) is 19.5 Å². The first kappa shape index (κ1) is 9.79. The Morgan fingerprint density at radius 2 is 2.20 bits per heavy atom. The highest BCUT2D eigenvalue weighted by Gasteiger charge is 2.12. The van der Waals surface area contributed by atoms with Crippen LogP contribution in [0, 0.1) is 0 Å². The summed E-state index contributed by atoms with van der Waals surface area (Å²) in [6.45, 7) is 2.85. The molecular formula is C10H13N5. The van der Waals surface area contributed by atoms with Gasteiger partial charge in [0.1, 0.15) is 0 Å². The quantitative estimate of drug-likeness (QED) is 0.798. The first-order chi connectivity index (χ1) is 7.33. The molecule has 2 aromatic heterocycles. The van der Waals surface area contributed by atoms with Gasteiger partial charge in [-0.15, -0.1) is 0 Å². The zero-order chi connectivity index (χ0) is 10.7. The average molecular weight is 203 g/mol. The molecule has 0 saturated carbocycles. The molecule has 5 heteroatoms. The molecule has 0 aliphatic heterocycles. The molecule has 0 spiro atoms. The van der Waals surface area contributed by atoms with Crippen LogP contribution >= 0.6 is 0 Å². The van der Waals surface area contributed by atoms with Crippen molar-refractivity contribution in [1.82, 2.24) is 20.0 Å². The fraction of sp³-hybridized carbons (Fsp3) is 0.300. The maximum absolute atomic E-state index is 6.11. The Morgan fingerprint density at radius 1 is 1.33 bits per heavy atom. The monoisotopic (exact) mass is 203 g/mol. The van der Waals surface area contributed by atoms with Gasteiger partial charge in [-0.25, -0.2) is 0 Å². The van der Waals surface area contributed by atoms with E-state index in [2.05, 4.69) is 15.3 Å². The van der Waals surface area contributed by atoms with Gasteiger partial charge in [0.15, 0.2) is 0 Å². The molecule has 0 saturated heterocycles. The molecular weight excluding hydrogens is 190 g/mol. The van der Waals surface area contributed by atoms with Crippen LogP contribution in [0.15, 0.2) is 30.7 Å². The van der Waals surface area contributed by atoms with Gasteiger partial charge in [-0.05, 0) is 24.6 Å². The van der Waals surface area contributed by atoms with Crippen molar-refractivity contribution in [2.24, 2.45) is 5.73 Å². The van der Waals surface area contributed by atoms with E-state index in [0.717, 1.165) is 17.8 Å². The Labute approximate surface area is 87.9 Å². The second-order valence-electron chi connectivity index (χ2n) is 3.23. The minimum Gasteiger partial charge on any atom is -0.319 e. The third-order valence-electron chi connectivity index (χ3n) is 2.33. The molecule has 1 unspecified atom stereocenters. The number of nitrogens with two attached hydrogens (primary N) is 1. The molecule has 0 amide bonds. The third-order valence-corrected chi connectivity index (χ3v) is 2.33. The maximum atomic E-state index is 6.11. The lowest BCUT2D eigenvalue weighted by Gasteiger charge is -2.12. The second kappa shape index (κ2) is 4.18. The zero-order valence-electron chi connectivity index (χ0n) is 8.54. The van der Waals surface area contributed by atoms with Gasteiger partial charge in [0.05, 0.1) is 17.9 Å². The predicted molar refractivity (Wildman–Crippen MR) is 56.0 cm³/mol. The largest absolute Gasteiger partial charge is 0.319 e. The first-order valence-corrected chi connectivity index (χ1v) is 4.86. The zero-order valence-corrected chi connectivity index (χ0v) is 8.54. The molecule has 0 aliphatic rings. The number of hydrogen-bond donors (Lipinski definition) is 1. The molecule has 2 aromatic rings. The molecule has 2 rings (SSSR count). The summed E-state index contributed by atoms with van der Waals surface area (Å²) in [7, 11) is 0. The van der Waals surface area contributed by atoms with Crippen LogP contribution in [0.25, 0.3) is 0 Å². The first-order valence-electron chi connectivity index (χ1n) is 4.86. The van der Waals surface area contributed by atoms with Crippen molar-refractivity contribution >= 4 is 0 Å². The number of rotatable bonds is 3. The van der Waals surface area contributed by atoms with Crippen molar-refractivity contribution in [3.63, 3.8) is 0 Å². The highest BCUT2D eigenvalue weighted by Crippen LogP contribution is 2.17. The number of nitrogens with zero attached hydrogens (tertiary/aromatic N) is 4. The number of hydrogen-bond acceptors (Lipinski definition) is 4. The van der Waals surface area contributed by atoms with Crippen LogP contribution in [0.2, 0.25) is 0 Å². The molecule has 78 valence electrons. The van der Waals surface area contributed by atoms with Gasteiger partial charge >= 0.3 is 0 Å². The highest BCUT2D eigenvalue weighted by molar-refractivity contribution is 5.22.